The van der Waals surface area contributed by atoms with Gasteiger partial charge in [-0.3, -0.25) is 0 Å². The van der Waals surface area contributed by atoms with Crippen molar-refractivity contribution in [1.82, 2.24) is 9.55 Å². The fraction of sp³-hybridized carbons (Fsp3) is 0.375. The highest BCUT2D eigenvalue weighted by molar-refractivity contribution is 5.53. The summed E-state index contributed by atoms with van der Waals surface area (Å²) in [5.41, 5.74) is 7.96. The van der Waals surface area contributed by atoms with Crippen LogP contribution in [0.1, 0.15) is 30.9 Å². The molecule has 0 spiro atoms. The molecule has 6 nitrogen and oxygen atoms in total. The summed E-state index contributed by atoms with van der Waals surface area (Å²) in [7, 11) is 0. The molecule has 1 aliphatic rings. The smallest absolute Gasteiger partial charge is 0.450 e. The molecule has 0 aliphatic heterocycles. The monoisotopic (exact) mass is 303 g/mol. The maximum Gasteiger partial charge on any atom is 0.503 e. The molecule has 6 heteroatoms. The molecule has 1 aromatic heterocycles. The third-order valence-electron chi connectivity index (χ3n) is 3.74. The number of rotatable bonds is 5. The van der Waals surface area contributed by atoms with Crippen LogP contribution in [0, 0.1) is 5.92 Å². The van der Waals surface area contributed by atoms with Crippen LogP contribution in [0.4, 0.5) is 4.79 Å². The highest BCUT2D eigenvalue weighted by Gasteiger charge is 2.38. The predicted molar refractivity (Wildman–Crippen MR) is 83.4 cm³/mol. The molecule has 22 heavy (non-hydrogen) atoms. The summed E-state index contributed by atoms with van der Waals surface area (Å²) in [5, 5.41) is 13.9. The first kappa shape index (κ1) is 16.0. The zero-order valence-corrected chi connectivity index (χ0v) is 12.3. The van der Waals surface area contributed by atoms with Crippen molar-refractivity contribution in [3.05, 3.63) is 48.5 Å². The molecule has 1 heterocycles. The van der Waals surface area contributed by atoms with Crippen LogP contribution in [0.25, 0.3) is 5.69 Å². The number of carbonyl (C=O) groups is 1. The number of para-hydroxylation sites is 1. The van der Waals surface area contributed by atoms with Crippen molar-refractivity contribution in [2.24, 2.45) is 11.7 Å². The third-order valence-corrected chi connectivity index (χ3v) is 3.74. The van der Waals surface area contributed by atoms with Gasteiger partial charge in [-0.05, 0) is 43.9 Å². The van der Waals surface area contributed by atoms with Gasteiger partial charge in [-0.15, -0.1) is 0 Å². The number of benzene rings is 1. The number of hydrogen-bond donors (Lipinski definition) is 3. The second-order valence-electron chi connectivity index (χ2n) is 5.36. The molecule has 1 aliphatic carbocycles. The normalized spacial score (nSPS) is 19.1. The Hall–Kier alpha value is -2.34. The van der Waals surface area contributed by atoms with E-state index in [1.165, 1.54) is 24.2 Å². The van der Waals surface area contributed by atoms with Crippen LogP contribution in [0.15, 0.2) is 42.9 Å². The molecule has 4 N–H and O–H groups in total. The van der Waals surface area contributed by atoms with Crippen LogP contribution >= 0.6 is 0 Å². The molecular formula is C16H21N3O3. The Morgan fingerprint density at radius 3 is 2.64 bits per heavy atom. The number of nitrogens with zero attached hydrogens (tertiary/aromatic N) is 2. The summed E-state index contributed by atoms with van der Waals surface area (Å²) >= 11 is 0. The lowest BCUT2D eigenvalue weighted by Gasteiger charge is -1.99. The van der Waals surface area contributed by atoms with E-state index in [9.17, 15) is 0 Å². The lowest BCUT2D eigenvalue weighted by atomic mass is 10.1. The minimum Gasteiger partial charge on any atom is -0.450 e. The van der Waals surface area contributed by atoms with Gasteiger partial charge in [0.25, 0.3) is 0 Å². The summed E-state index contributed by atoms with van der Waals surface area (Å²) in [6, 6.07) is 10.3. The first-order chi connectivity index (χ1) is 10.6. The van der Waals surface area contributed by atoms with Crippen molar-refractivity contribution in [2.45, 2.75) is 25.2 Å². The van der Waals surface area contributed by atoms with Gasteiger partial charge in [0.2, 0.25) is 0 Å². The van der Waals surface area contributed by atoms with Crippen LogP contribution in [0.2, 0.25) is 0 Å². The molecule has 0 saturated heterocycles. The van der Waals surface area contributed by atoms with E-state index in [0.29, 0.717) is 5.92 Å². The highest BCUT2D eigenvalue weighted by Crippen LogP contribution is 2.49. The number of carboxylic acid groups (broad SMARTS) is 2. The summed E-state index contributed by atoms with van der Waals surface area (Å²) in [5.74, 6) is 1.48. The van der Waals surface area contributed by atoms with Gasteiger partial charge in [0.15, 0.2) is 0 Å². The van der Waals surface area contributed by atoms with Crippen molar-refractivity contribution >= 4 is 6.16 Å². The van der Waals surface area contributed by atoms with Crippen molar-refractivity contribution in [2.75, 3.05) is 6.54 Å². The minimum atomic E-state index is -1.83. The molecular weight excluding hydrogens is 282 g/mol. The quantitative estimate of drug-likeness (QED) is 0.788. The molecule has 1 aromatic carbocycles. The lowest BCUT2D eigenvalue weighted by Crippen LogP contribution is -1.98. The molecule has 118 valence electrons. The molecule has 1 fully saturated rings. The molecule has 0 unspecified atom stereocenters. The van der Waals surface area contributed by atoms with Gasteiger partial charge in [0.1, 0.15) is 0 Å². The van der Waals surface area contributed by atoms with E-state index < -0.39 is 6.16 Å². The van der Waals surface area contributed by atoms with E-state index in [4.69, 9.17) is 20.7 Å². The first-order valence-electron chi connectivity index (χ1n) is 7.33. The maximum absolute atomic E-state index is 8.56. The number of nitrogens with two attached hydrogens (primary N) is 1. The minimum absolute atomic E-state index is 0.668. The average Bonchev–Trinajstić information content (AvgIpc) is 3.11. The van der Waals surface area contributed by atoms with Gasteiger partial charge < -0.3 is 20.5 Å². The SMILES string of the molecule is NCCC[C@H]1C[C@H]1c1cn(-c2ccccc2)cn1.O=C(O)O. The van der Waals surface area contributed by atoms with E-state index >= 15 is 0 Å². The summed E-state index contributed by atoms with van der Waals surface area (Å²) < 4.78 is 2.10. The maximum atomic E-state index is 8.56. The van der Waals surface area contributed by atoms with Crippen LogP contribution in [-0.4, -0.2) is 32.5 Å². The van der Waals surface area contributed by atoms with E-state index in [1.54, 1.807) is 0 Å². The molecule has 0 radical (unpaired) electrons. The summed E-state index contributed by atoms with van der Waals surface area (Å²) in [6.07, 6.45) is 5.93. The first-order valence-corrected chi connectivity index (χ1v) is 7.33. The fourth-order valence-electron chi connectivity index (χ4n) is 2.58. The average molecular weight is 303 g/mol. The van der Waals surface area contributed by atoms with Crippen LogP contribution < -0.4 is 5.73 Å². The topological polar surface area (TPSA) is 101 Å². The predicted octanol–water partition coefficient (Wildman–Crippen LogP) is 2.94. The molecule has 1 saturated carbocycles. The lowest BCUT2D eigenvalue weighted by molar-refractivity contribution is 0.137. The molecule has 0 amide bonds. The molecule has 2 atom stereocenters. The number of hydrogen-bond acceptors (Lipinski definition) is 3. The largest absolute Gasteiger partial charge is 0.503 e. The standard InChI is InChI=1S/C15H19N3.CH2O3/c16-8-4-5-12-9-14(12)15-10-18(11-17-15)13-6-2-1-3-7-13;2-1(3)4/h1-3,6-7,10-12,14H,4-5,8-9,16H2;(H2,2,3,4)/t12-,14+;/m0./s1. The Morgan fingerprint density at radius 2 is 2.00 bits per heavy atom. The second-order valence-corrected chi connectivity index (χ2v) is 5.36. The zero-order valence-electron chi connectivity index (χ0n) is 12.3. The van der Waals surface area contributed by atoms with Crippen LogP contribution in [0.5, 0.6) is 0 Å². The summed E-state index contributed by atoms with van der Waals surface area (Å²) in [4.78, 5) is 13.1. The Morgan fingerprint density at radius 1 is 1.32 bits per heavy atom. The molecule has 3 rings (SSSR count). The third kappa shape index (κ3) is 4.60. The van der Waals surface area contributed by atoms with E-state index in [2.05, 4.69) is 40.0 Å². The van der Waals surface area contributed by atoms with Crippen LogP contribution in [-0.2, 0) is 0 Å². The zero-order chi connectivity index (χ0) is 15.9. The van der Waals surface area contributed by atoms with E-state index in [1.807, 2.05) is 12.4 Å². The van der Waals surface area contributed by atoms with Gasteiger partial charge in [-0.2, -0.15) is 0 Å². The Labute approximate surface area is 129 Å². The Kier molecular flexibility index (Phi) is 5.55. The van der Waals surface area contributed by atoms with Crippen molar-refractivity contribution < 1.29 is 15.0 Å². The fourth-order valence-corrected chi connectivity index (χ4v) is 2.58. The van der Waals surface area contributed by atoms with E-state index in [-0.39, 0.29) is 0 Å². The van der Waals surface area contributed by atoms with E-state index in [0.717, 1.165) is 18.9 Å². The van der Waals surface area contributed by atoms with Gasteiger partial charge >= 0.3 is 6.16 Å². The Bertz CT molecular complexity index is 594. The number of aromatic nitrogens is 2. The number of imidazole rings is 1. The Balaban J connectivity index is 0.000000396. The van der Waals surface area contributed by atoms with Crippen LogP contribution in [0.3, 0.4) is 0 Å². The van der Waals surface area contributed by atoms with Gasteiger partial charge in [0.05, 0.1) is 12.0 Å². The van der Waals surface area contributed by atoms with Gasteiger partial charge in [-0.1, -0.05) is 18.2 Å². The molecule has 0 bridgehead atoms. The summed E-state index contributed by atoms with van der Waals surface area (Å²) in [6.45, 7) is 0.807. The van der Waals surface area contributed by atoms with Crippen molar-refractivity contribution in [1.29, 1.82) is 0 Å². The van der Waals surface area contributed by atoms with Gasteiger partial charge in [0, 0.05) is 17.8 Å². The van der Waals surface area contributed by atoms with Crippen molar-refractivity contribution in [3.8, 4) is 5.69 Å². The highest BCUT2D eigenvalue weighted by atomic mass is 16.6. The second kappa shape index (κ2) is 7.61. The van der Waals surface area contributed by atoms with Gasteiger partial charge in [-0.25, -0.2) is 9.78 Å². The molecule has 2 aromatic rings. The van der Waals surface area contributed by atoms with Crippen molar-refractivity contribution in [3.63, 3.8) is 0 Å².